The number of nitrogens with one attached hydrogen (secondary N) is 2. The lowest BCUT2D eigenvalue weighted by Crippen LogP contribution is -2.12. The molecule has 8 aromatic carbocycles. The second-order valence-corrected chi connectivity index (χ2v) is 18.3. The van der Waals surface area contributed by atoms with E-state index in [0.29, 0.717) is 58.3 Å². The van der Waals surface area contributed by atoms with Crippen LogP contribution in [0.5, 0.6) is 11.5 Å². The molecule has 412 valence electrons. The van der Waals surface area contributed by atoms with Crippen LogP contribution in [0.2, 0.25) is 0 Å². The number of carboxylic acids is 1. The molecule has 3 N–H and O–H groups in total. The van der Waals surface area contributed by atoms with Gasteiger partial charge in [-0.1, -0.05) is 123 Å². The van der Waals surface area contributed by atoms with Crippen molar-refractivity contribution in [3.63, 3.8) is 0 Å². The zero-order chi connectivity index (χ0) is 57.4. The zero-order valence-corrected chi connectivity index (χ0v) is 43.8. The molecule has 8 aromatic rings. The SMILES string of the molecule is CCCC(=O)Nc1cc(C(=O)O)cc(-c2ccccc2-c2cc(C(F)(F)F)ccc2OCc2ccccc2)c1.CCCC(=O)Nc1cc(C(=O)OCC)cc(-c2ccccc2-c2cc(C(F)(F)F)ccc2OCc2ccccc2)c1. The Labute approximate surface area is 459 Å². The summed E-state index contributed by atoms with van der Waals surface area (Å²) in [4.78, 5) is 49.2. The minimum Gasteiger partial charge on any atom is -0.488 e. The van der Waals surface area contributed by atoms with Crippen LogP contribution in [0, 0.1) is 0 Å². The topological polar surface area (TPSA) is 140 Å². The first-order chi connectivity index (χ1) is 38.3. The number of carbonyl (C=O) groups excluding carboxylic acids is 3. The van der Waals surface area contributed by atoms with Gasteiger partial charge in [0.2, 0.25) is 11.8 Å². The number of anilines is 2. The van der Waals surface area contributed by atoms with E-state index in [1.807, 2.05) is 74.5 Å². The number of aromatic carboxylic acids is 1. The molecule has 0 aliphatic carbocycles. The summed E-state index contributed by atoms with van der Waals surface area (Å²) in [6.45, 7) is 5.87. The molecule has 0 bridgehead atoms. The highest BCUT2D eigenvalue weighted by molar-refractivity contribution is 5.99. The Bertz CT molecular complexity index is 3460. The van der Waals surface area contributed by atoms with Crippen molar-refractivity contribution < 1.29 is 64.8 Å². The molecule has 0 saturated carbocycles. The molecule has 2 amide bonds. The molecule has 10 nitrogen and oxygen atoms in total. The number of rotatable bonds is 19. The molecule has 0 fully saturated rings. The summed E-state index contributed by atoms with van der Waals surface area (Å²) in [5.41, 5.74) is 4.14. The van der Waals surface area contributed by atoms with E-state index in [1.54, 1.807) is 73.7 Å². The van der Waals surface area contributed by atoms with Gasteiger partial charge in [0.1, 0.15) is 24.7 Å². The third-order valence-electron chi connectivity index (χ3n) is 12.3. The molecule has 0 aliphatic heterocycles. The van der Waals surface area contributed by atoms with E-state index in [4.69, 9.17) is 14.2 Å². The summed E-state index contributed by atoms with van der Waals surface area (Å²) in [5, 5.41) is 15.2. The van der Waals surface area contributed by atoms with E-state index in [-0.39, 0.29) is 77.5 Å². The van der Waals surface area contributed by atoms with Gasteiger partial charge in [-0.2, -0.15) is 26.3 Å². The maximum Gasteiger partial charge on any atom is 0.416 e. The second kappa shape index (κ2) is 26.9. The number of halogens is 6. The van der Waals surface area contributed by atoms with Crippen LogP contribution in [-0.4, -0.2) is 35.5 Å². The van der Waals surface area contributed by atoms with Gasteiger partial charge >= 0.3 is 24.3 Å². The van der Waals surface area contributed by atoms with Crippen LogP contribution >= 0.6 is 0 Å². The fraction of sp³-hybridized carbons (Fsp3) is 0.188. The quantitative estimate of drug-likeness (QED) is 0.0537. The smallest absolute Gasteiger partial charge is 0.416 e. The van der Waals surface area contributed by atoms with E-state index in [2.05, 4.69) is 10.6 Å². The molecule has 0 heterocycles. The lowest BCUT2D eigenvalue weighted by atomic mass is 9.92. The highest BCUT2D eigenvalue weighted by Gasteiger charge is 2.33. The van der Waals surface area contributed by atoms with E-state index in [0.717, 1.165) is 35.4 Å². The third-order valence-corrected chi connectivity index (χ3v) is 12.3. The Morgan fingerprint density at radius 2 is 0.838 bits per heavy atom. The summed E-state index contributed by atoms with van der Waals surface area (Å²) < 4.78 is 99.8. The molecule has 0 atom stereocenters. The Balaban J connectivity index is 0.000000231. The van der Waals surface area contributed by atoms with Crippen LogP contribution in [0.4, 0.5) is 37.7 Å². The lowest BCUT2D eigenvalue weighted by Gasteiger charge is -2.18. The maximum atomic E-state index is 13.8. The molecule has 0 radical (unpaired) electrons. The average molecular weight is 1100 g/mol. The Morgan fingerprint density at radius 1 is 0.450 bits per heavy atom. The van der Waals surface area contributed by atoms with Gasteiger partial charge in [-0.15, -0.1) is 0 Å². The van der Waals surface area contributed by atoms with Gasteiger partial charge in [0.25, 0.3) is 0 Å². The van der Waals surface area contributed by atoms with Crippen molar-refractivity contribution in [2.45, 2.75) is 72.0 Å². The maximum absolute atomic E-state index is 13.8. The van der Waals surface area contributed by atoms with Gasteiger partial charge in [0, 0.05) is 35.3 Å². The number of benzene rings is 8. The Kier molecular flexibility index (Phi) is 19.7. The number of carboxylic acid groups (broad SMARTS) is 1. The standard InChI is InChI=1S/C33H30F3NO4.C31H26F3NO4/c1-3-10-31(38)37-26-18-23(17-24(19-26)32(39)40-4-2)27-13-8-9-14-28(27)29-20-25(33(34,35)36)15-16-30(29)41-21-22-11-6-5-7-12-22;1-2-8-29(36)35-24-16-21(15-22(17-24)30(37)38)25-11-6-7-12-26(25)27-18-23(31(32,33)34)13-14-28(27)39-19-20-9-4-3-5-10-20/h5-9,11-20H,3-4,10,21H2,1-2H3,(H,37,38);3-7,9-18H,2,8,19H2,1H3,(H,35,36)(H,37,38). The van der Waals surface area contributed by atoms with Crippen molar-refractivity contribution in [3.8, 4) is 56.0 Å². The largest absolute Gasteiger partial charge is 0.488 e. The number of hydrogen-bond donors (Lipinski definition) is 3. The third kappa shape index (κ3) is 15.7. The van der Waals surface area contributed by atoms with Crippen molar-refractivity contribution in [3.05, 3.63) is 215 Å². The van der Waals surface area contributed by atoms with Crippen molar-refractivity contribution >= 4 is 35.1 Å². The number of carbonyl (C=O) groups is 4. The summed E-state index contributed by atoms with van der Waals surface area (Å²) in [7, 11) is 0. The van der Waals surface area contributed by atoms with Gasteiger partial charge in [0.05, 0.1) is 28.9 Å². The molecule has 0 aromatic heterocycles. The Morgan fingerprint density at radius 3 is 1.23 bits per heavy atom. The van der Waals surface area contributed by atoms with Crippen molar-refractivity contribution in [1.82, 2.24) is 0 Å². The fourth-order valence-electron chi connectivity index (χ4n) is 8.56. The van der Waals surface area contributed by atoms with Crippen molar-refractivity contribution in [2.24, 2.45) is 0 Å². The summed E-state index contributed by atoms with van der Waals surface area (Å²) in [6.07, 6.45) is -7.34. The number of alkyl halides is 6. The van der Waals surface area contributed by atoms with Crippen LogP contribution in [0.3, 0.4) is 0 Å². The van der Waals surface area contributed by atoms with Crippen LogP contribution in [-0.2, 0) is 39.9 Å². The van der Waals surface area contributed by atoms with E-state index in [1.165, 1.54) is 30.3 Å². The second-order valence-electron chi connectivity index (χ2n) is 18.3. The lowest BCUT2D eigenvalue weighted by molar-refractivity contribution is -0.138. The molecular weight excluding hydrogens is 1040 g/mol. The summed E-state index contributed by atoms with van der Waals surface area (Å²) in [5.74, 6) is -1.76. The number of ether oxygens (including phenoxy) is 3. The molecule has 8 rings (SSSR count). The first-order valence-electron chi connectivity index (χ1n) is 25.6. The van der Waals surface area contributed by atoms with Crippen molar-refractivity contribution in [1.29, 1.82) is 0 Å². The highest BCUT2D eigenvalue weighted by Crippen LogP contribution is 2.44. The molecule has 80 heavy (non-hydrogen) atoms. The molecule has 0 saturated heterocycles. The van der Waals surface area contributed by atoms with E-state index < -0.39 is 35.4 Å². The number of amides is 2. The van der Waals surface area contributed by atoms with E-state index >= 15 is 0 Å². The highest BCUT2D eigenvalue weighted by atomic mass is 19.4. The minimum atomic E-state index is -4.58. The van der Waals surface area contributed by atoms with Crippen molar-refractivity contribution in [2.75, 3.05) is 17.2 Å². The van der Waals surface area contributed by atoms with Gasteiger partial charge in [-0.05, 0) is 137 Å². The van der Waals surface area contributed by atoms with Crippen LogP contribution < -0.4 is 20.1 Å². The zero-order valence-electron chi connectivity index (χ0n) is 43.8. The van der Waals surface area contributed by atoms with Crippen LogP contribution in [0.1, 0.15) is 89.4 Å². The molecule has 0 unspecified atom stereocenters. The minimum absolute atomic E-state index is 0.0707. The number of hydrogen-bond acceptors (Lipinski definition) is 7. The average Bonchev–Trinajstić information content (AvgIpc) is 3.44. The molecule has 16 heteroatoms. The predicted molar refractivity (Wildman–Crippen MR) is 296 cm³/mol. The monoisotopic (exact) mass is 1090 g/mol. The number of esters is 1. The van der Waals surface area contributed by atoms with Gasteiger partial charge in [-0.25, -0.2) is 9.59 Å². The van der Waals surface area contributed by atoms with E-state index in [9.17, 15) is 50.6 Å². The van der Waals surface area contributed by atoms with Gasteiger partial charge in [0.15, 0.2) is 0 Å². The normalized spacial score (nSPS) is 11.2. The first-order valence-corrected chi connectivity index (χ1v) is 25.6. The van der Waals surface area contributed by atoms with Crippen LogP contribution in [0.15, 0.2) is 182 Å². The summed E-state index contributed by atoms with van der Waals surface area (Å²) in [6, 6.07) is 48.1. The Hall–Kier alpha value is -9.18. The van der Waals surface area contributed by atoms with Gasteiger partial charge in [-0.3, -0.25) is 9.59 Å². The summed E-state index contributed by atoms with van der Waals surface area (Å²) >= 11 is 0. The molecule has 0 spiro atoms. The molecular formula is C64H56F6N2O8. The van der Waals surface area contributed by atoms with Gasteiger partial charge < -0.3 is 30.0 Å². The first kappa shape index (κ1) is 58.5. The predicted octanol–water partition coefficient (Wildman–Crippen LogP) is 16.6. The fourth-order valence-corrected chi connectivity index (χ4v) is 8.56. The molecule has 0 aliphatic rings. The van der Waals surface area contributed by atoms with Crippen LogP contribution in [0.25, 0.3) is 44.5 Å².